The van der Waals surface area contributed by atoms with Crippen molar-refractivity contribution in [2.75, 3.05) is 11.9 Å². The highest BCUT2D eigenvalue weighted by molar-refractivity contribution is 5.85. The van der Waals surface area contributed by atoms with Crippen LogP contribution in [0.4, 0.5) is 5.69 Å². The molecule has 118 valence electrons. The smallest absolute Gasteiger partial charge is 0.239 e. The third-order valence-electron chi connectivity index (χ3n) is 3.45. The van der Waals surface area contributed by atoms with Gasteiger partial charge in [0.05, 0.1) is 12.6 Å². The van der Waals surface area contributed by atoms with Gasteiger partial charge in [0.15, 0.2) is 0 Å². The van der Waals surface area contributed by atoms with Gasteiger partial charge >= 0.3 is 0 Å². The summed E-state index contributed by atoms with van der Waals surface area (Å²) in [6.45, 7) is 4.43. The summed E-state index contributed by atoms with van der Waals surface area (Å²) in [6, 6.07) is 18.1. The molecule has 1 atom stereocenters. The lowest BCUT2D eigenvalue weighted by Gasteiger charge is -2.18. The second-order valence-corrected chi connectivity index (χ2v) is 5.16. The van der Waals surface area contributed by atoms with E-state index in [1.54, 1.807) is 0 Å². The number of anilines is 1. The van der Waals surface area contributed by atoms with Gasteiger partial charge in [0.1, 0.15) is 0 Å². The molecule has 22 heavy (non-hydrogen) atoms. The van der Waals surface area contributed by atoms with Crippen molar-refractivity contribution in [3.8, 4) is 0 Å². The molecule has 3 nitrogen and oxygen atoms in total. The number of nitrogens with one attached hydrogen (secondary N) is 2. The van der Waals surface area contributed by atoms with Gasteiger partial charge in [-0.3, -0.25) is 4.79 Å². The lowest BCUT2D eigenvalue weighted by Crippen LogP contribution is -2.33. The van der Waals surface area contributed by atoms with Crippen LogP contribution < -0.4 is 10.6 Å². The Hall–Kier alpha value is -2.00. The fourth-order valence-electron chi connectivity index (χ4n) is 2.20. The maximum absolute atomic E-state index is 12.1. The van der Waals surface area contributed by atoms with E-state index in [9.17, 15) is 4.79 Å². The Balaban J connectivity index is 0.00000242. The van der Waals surface area contributed by atoms with E-state index in [-0.39, 0.29) is 30.9 Å². The molecule has 0 fully saturated rings. The zero-order valence-electron chi connectivity index (χ0n) is 13.0. The molecule has 0 aliphatic heterocycles. The van der Waals surface area contributed by atoms with Crippen LogP contribution in [0.1, 0.15) is 30.5 Å². The van der Waals surface area contributed by atoms with Crippen molar-refractivity contribution in [3.05, 3.63) is 65.7 Å². The molecule has 1 unspecified atom stereocenters. The fourth-order valence-corrected chi connectivity index (χ4v) is 2.20. The first-order chi connectivity index (χ1) is 10.2. The molecule has 2 rings (SSSR count). The molecule has 0 spiro atoms. The van der Waals surface area contributed by atoms with Gasteiger partial charge in [-0.1, -0.05) is 55.0 Å². The Morgan fingerprint density at radius 3 is 2.27 bits per heavy atom. The predicted octanol–water partition coefficient (Wildman–Crippen LogP) is 4.10. The molecule has 4 heteroatoms. The van der Waals surface area contributed by atoms with E-state index in [2.05, 4.69) is 48.7 Å². The maximum atomic E-state index is 12.1. The average molecular weight is 319 g/mol. The molecule has 2 aromatic rings. The van der Waals surface area contributed by atoms with Gasteiger partial charge in [-0.25, -0.2) is 0 Å². The number of rotatable bonds is 6. The van der Waals surface area contributed by atoms with Gasteiger partial charge in [0, 0.05) is 5.69 Å². The van der Waals surface area contributed by atoms with Gasteiger partial charge in [0.2, 0.25) is 5.91 Å². The summed E-state index contributed by atoms with van der Waals surface area (Å²) < 4.78 is 0. The third-order valence-corrected chi connectivity index (χ3v) is 3.45. The van der Waals surface area contributed by atoms with Crippen LogP contribution in [-0.2, 0) is 4.79 Å². The number of amides is 1. The maximum Gasteiger partial charge on any atom is 0.239 e. The van der Waals surface area contributed by atoms with E-state index in [4.69, 9.17) is 0 Å². The topological polar surface area (TPSA) is 41.1 Å². The van der Waals surface area contributed by atoms with E-state index < -0.39 is 0 Å². The van der Waals surface area contributed by atoms with Gasteiger partial charge in [-0.05, 0) is 31.0 Å². The first kappa shape index (κ1) is 18.1. The minimum Gasteiger partial charge on any atom is -0.376 e. The van der Waals surface area contributed by atoms with Crippen LogP contribution in [0.2, 0.25) is 0 Å². The molecular weight excluding hydrogens is 296 g/mol. The summed E-state index contributed by atoms with van der Waals surface area (Å²) in [5.74, 6) is 0.00581. The lowest BCUT2D eigenvalue weighted by atomic mass is 10.0. The predicted molar refractivity (Wildman–Crippen MR) is 94.5 cm³/mol. The molecule has 0 radical (unpaired) electrons. The number of hydrogen-bond donors (Lipinski definition) is 2. The first-order valence-electron chi connectivity index (χ1n) is 7.34. The highest BCUT2D eigenvalue weighted by atomic mass is 35.5. The SMILES string of the molecule is CCC(NC(=O)CNc1ccccc1)c1ccc(C)cc1.Cl. The van der Waals surface area contributed by atoms with Crippen molar-refractivity contribution in [3.63, 3.8) is 0 Å². The zero-order valence-corrected chi connectivity index (χ0v) is 13.8. The molecule has 0 saturated carbocycles. The number of hydrogen-bond acceptors (Lipinski definition) is 2. The molecule has 0 saturated heterocycles. The number of carbonyl (C=O) groups is 1. The molecule has 0 aromatic heterocycles. The summed E-state index contributed by atoms with van der Waals surface area (Å²) in [4.78, 5) is 12.1. The standard InChI is InChI=1S/C18H22N2O.ClH/c1-3-17(15-11-9-14(2)10-12-15)20-18(21)13-19-16-7-5-4-6-8-16;/h4-12,17,19H,3,13H2,1-2H3,(H,20,21);1H. The van der Waals surface area contributed by atoms with Crippen molar-refractivity contribution in [2.24, 2.45) is 0 Å². The van der Waals surface area contributed by atoms with E-state index in [1.807, 2.05) is 30.3 Å². The van der Waals surface area contributed by atoms with Crippen molar-refractivity contribution >= 4 is 24.0 Å². The zero-order chi connectivity index (χ0) is 15.1. The first-order valence-corrected chi connectivity index (χ1v) is 7.34. The van der Waals surface area contributed by atoms with Crippen molar-refractivity contribution in [1.29, 1.82) is 0 Å². The largest absolute Gasteiger partial charge is 0.376 e. The van der Waals surface area contributed by atoms with E-state index >= 15 is 0 Å². The van der Waals surface area contributed by atoms with Gasteiger partial charge in [-0.2, -0.15) is 0 Å². The Morgan fingerprint density at radius 1 is 1.05 bits per heavy atom. The van der Waals surface area contributed by atoms with Crippen molar-refractivity contribution in [2.45, 2.75) is 26.3 Å². The van der Waals surface area contributed by atoms with Crippen molar-refractivity contribution < 1.29 is 4.79 Å². The van der Waals surface area contributed by atoms with E-state index in [0.717, 1.165) is 17.7 Å². The number of benzene rings is 2. The summed E-state index contributed by atoms with van der Waals surface area (Å²) in [6.07, 6.45) is 0.875. The molecule has 0 heterocycles. The highest BCUT2D eigenvalue weighted by Crippen LogP contribution is 2.17. The fraction of sp³-hybridized carbons (Fsp3) is 0.278. The normalized spacial score (nSPS) is 11.2. The third kappa shape index (κ3) is 5.41. The van der Waals surface area contributed by atoms with E-state index in [1.165, 1.54) is 5.56 Å². The number of para-hydroxylation sites is 1. The minimum atomic E-state index is 0. The Labute approximate surface area is 138 Å². The molecular formula is C18H23ClN2O. The van der Waals surface area contributed by atoms with Crippen LogP contribution in [0, 0.1) is 6.92 Å². The molecule has 1 amide bonds. The Kier molecular flexibility index (Phi) is 7.47. The number of aryl methyl sites for hydroxylation is 1. The summed E-state index contributed by atoms with van der Waals surface area (Å²) in [7, 11) is 0. The van der Waals surface area contributed by atoms with Crippen LogP contribution in [0.15, 0.2) is 54.6 Å². The van der Waals surface area contributed by atoms with Crippen LogP contribution >= 0.6 is 12.4 Å². The van der Waals surface area contributed by atoms with Gasteiger partial charge in [-0.15, -0.1) is 12.4 Å². The quantitative estimate of drug-likeness (QED) is 0.842. The summed E-state index contributed by atoms with van der Waals surface area (Å²) >= 11 is 0. The average Bonchev–Trinajstić information content (AvgIpc) is 2.52. The number of carbonyl (C=O) groups excluding carboxylic acids is 1. The van der Waals surface area contributed by atoms with Crippen molar-refractivity contribution in [1.82, 2.24) is 5.32 Å². The molecule has 0 bridgehead atoms. The second-order valence-electron chi connectivity index (χ2n) is 5.16. The molecule has 2 N–H and O–H groups in total. The monoisotopic (exact) mass is 318 g/mol. The Morgan fingerprint density at radius 2 is 1.68 bits per heavy atom. The van der Waals surface area contributed by atoms with Gasteiger partial charge < -0.3 is 10.6 Å². The van der Waals surface area contributed by atoms with Crippen LogP contribution in [0.5, 0.6) is 0 Å². The molecule has 2 aromatic carbocycles. The number of halogens is 1. The van der Waals surface area contributed by atoms with Crippen LogP contribution in [0.25, 0.3) is 0 Å². The van der Waals surface area contributed by atoms with Crippen LogP contribution in [0.3, 0.4) is 0 Å². The van der Waals surface area contributed by atoms with Crippen LogP contribution in [-0.4, -0.2) is 12.5 Å². The minimum absolute atomic E-state index is 0. The Bertz CT molecular complexity index is 569. The van der Waals surface area contributed by atoms with Gasteiger partial charge in [0.25, 0.3) is 0 Å². The summed E-state index contributed by atoms with van der Waals surface area (Å²) in [5.41, 5.74) is 3.33. The second kappa shape index (κ2) is 9.11. The van der Waals surface area contributed by atoms with E-state index in [0.29, 0.717) is 0 Å². The highest BCUT2D eigenvalue weighted by Gasteiger charge is 2.12. The molecule has 0 aliphatic carbocycles. The molecule has 0 aliphatic rings. The summed E-state index contributed by atoms with van der Waals surface area (Å²) in [5, 5.41) is 6.19. The lowest BCUT2D eigenvalue weighted by molar-refractivity contribution is -0.120.